The highest BCUT2D eigenvalue weighted by Crippen LogP contribution is 2.26. The second kappa shape index (κ2) is 4.75. The summed E-state index contributed by atoms with van der Waals surface area (Å²) in [7, 11) is 1.58. The van der Waals surface area contributed by atoms with E-state index in [4.69, 9.17) is 11.6 Å². The number of amides is 2. The summed E-state index contributed by atoms with van der Waals surface area (Å²) >= 11 is 5.79. The summed E-state index contributed by atoms with van der Waals surface area (Å²) in [5, 5.41) is 3.20. The molecular weight excluding hydrogens is 240 g/mol. The van der Waals surface area contributed by atoms with Gasteiger partial charge in [-0.15, -0.1) is 0 Å². The molecule has 1 aliphatic heterocycles. The Morgan fingerprint density at radius 1 is 1.41 bits per heavy atom. The number of nitrogens with one attached hydrogen (secondary N) is 1. The van der Waals surface area contributed by atoms with E-state index in [1.165, 1.54) is 0 Å². The fraction of sp³-hybridized carbons (Fsp3) is 0.333. The third-order valence-corrected chi connectivity index (χ3v) is 3.13. The number of rotatable bonds is 2. The van der Waals surface area contributed by atoms with Gasteiger partial charge in [-0.25, -0.2) is 0 Å². The predicted molar refractivity (Wildman–Crippen MR) is 66.0 cm³/mol. The SMILES string of the molecule is CNC(=O)C1CC(=O)N(c2ccc(Cl)cc2)C1. The molecule has 17 heavy (non-hydrogen) atoms. The first-order chi connectivity index (χ1) is 8.11. The lowest BCUT2D eigenvalue weighted by atomic mass is 10.1. The fourth-order valence-corrected chi connectivity index (χ4v) is 2.08. The average Bonchev–Trinajstić information content (AvgIpc) is 2.71. The van der Waals surface area contributed by atoms with Crippen LogP contribution < -0.4 is 10.2 Å². The largest absolute Gasteiger partial charge is 0.359 e. The molecule has 4 nitrogen and oxygen atoms in total. The zero-order valence-corrected chi connectivity index (χ0v) is 10.2. The Morgan fingerprint density at radius 3 is 2.65 bits per heavy atom. The third-order valence-electron chi connectivity index (χ3n) is 2.88. The van der Waals surface area contributed by atoms with Gasteiger partial charge in [-0.1, -0.05) is 11.6 Å². The number of anilines is 1. The zero-order valence-electron chi connectivity index (χ0n) is 9.44. The number of benzene rings is 1. The Kier molecular flexibility index (Phi) is 3.33. The maximum atomic E-state index is 11.8. The van der Waals surface area contributed by atoms with Crippen molar-refractivity contribution in [2.24, 2.45) is 5.92 Å². The van der Waals surface area contributed by atoms with Gasteiger partial charge in [-0.3, -0.25) is 9.59 Å². The molecule has 0 aromatic heterocycles. The van der Waals surface area contributed by atoms with Gasteiger partial charge in [-0.05, 0) is 24.3 Å². The average molecular weight is 253 g/mol. The van der Waals surface area contributed by atoms with Gasteiger partial charge in [0.25, 0.3) is 0 Å². The highest BCUT2D eigenvalue weighted by Gasteiger charge is 2.34. The minimum Gasteiger partial charge on any atom is -0.359 e. The van der Waals surface area contributed by atoms with Crippen molar-refractivity contribution in [3.8, 4) is 0 Å². The molecule has 5 heteroatoms. The number of hydrogen-bond donors (Lipinski definition) is 1. The lowest BCUT2D eigenvalue weighted by Crippen LogP contribution is -2.30. The molecule has 1 saturated heterocycles. The van der Waals surface area contributed by atoms with Gasteiger partial charge in [0.2, 0.25) is 11.8 Å². The van der Waals surface area contributed by atoms with Gasteiger partial charge in [0.1, 0.15) is 0 Å². The molecule has 2 rings (SSSR count). The molecular formula is C12H13ClN2O2. The summed E-state index contributed by atoms with van der Waals surface area (Å²) in [4.78, 5) is 24.9. The maximum absolute atomic E-state index is 11.8. The summed E-state index contributed by atoms with van der Waals surface area (Å²) in [6.07, 6.45) is 0.266. The number of halogens is 1. The Bertz CT molecular complexity index is 444. The van der Waals surface area contributed by atoms with Crippen LogP contribution in [0, 0.1) is 5.92 Å². The molecule has 0 aliphatic carbocycles. The smallest absolute Gasteiger partial charge is 0.227 e. The molecule has 1 N–H and O–H groups in total. The summed E-state index contributed by atoms with van der Waals surface area (Å²) in [6.45, 7) is 0.431. The molecule has 0 spiro atoms. The van der Waals surface area contributed by atoms with Crippen LogP contribution in [0.25, 0.3) is 0 Å². The Balaban J connectivity index is 2.15. The highest BCUT2D eigenvalue weighted by molar-refractivity contribution is 6.30. The first-order valence-electron chi connectivity index (χ1n) is 5.39. The quantitative estimate of drug-likeness (QED) is 0.866. The van der Waals surface area contributed by atoms with Crippen molar-refractivity contribution in [1.82, 2.24) is 5.32 Å². The first-order valence-corrected chi connectivity index (χ1v) is 5.77. The van der Waals surface area contributed by atoms with E-state index >= 15 is 0 Å². The Hall–Kier alpha value is -1.55. The van der Waals surface area contributed by atoms with Crippen LogP contribution in [0.1, 0.15) is 6.42 Å². The monoisotopic (exact) mass is 252 g/mol. The van der Waals surface area contributed by atoms with E-state index in [1.807, 2.05) is 0 Å². The molecule has 1 atom stereocenters. The van der Waals surface area contributed by atoms with Gasteiger partial charge in [0.05, 0.1) is 5.92 Å². The third kappa shape index (κ3) is 2.42. The highest BCUT2D eigenvalue weighted by atomic mass is 35.5. The first kappa shape index (κ1) is 11.9. The second-order valence-electron chi connectivity index (χ2n) is 4.00. The van der Waals surface area contributed by atoms with Crippen LogP contribution in [0.3, 0.4) is 0 Å². The van der Waals surface area contributed by atoms with Gasteiger partial charge in [-0.2, -0.15) is 0 Å². The molecule has 1 heterocycles. The molecule has 0 saturated carbocycles. The van der Waals surface area contributed by atoms with E-state index in [9.17, 15) is 9.59 Å². The predicted octanol–water partition coefficient (Wildman–Crippen LogP) is 1.44. The van der Waals surface area contributed by atoms with Crippen LogP contribution in [0.5, 0.6) is 0 Å². The summed E-state index contributed by atoms with van der Waals surface area (Å²) in [5.41, 5.74) is 0.783. The molecule has 1 aliphatic rings. The topological polar surface area (TPSA) is 49.4 Å². The summed E-state index contributed by atoms with van der Waals surface area (Å²) in [5.74, 6) is -0.376. The van der Waals surface area contributed by atoms with Crippen molar-refractivity contribution >= 4 is 29.1 Å². The molecule has 1 aromatic rings. The van der Waals surface area contributed by atoms with Gasteiger partial charge in [0.15, 0.2) is 0 Å². The summed E-state index contributed by atoms with van der Waals surface area (Å²) in [6, 6.07) is 7.04. The van der Waals surface area contributed by atoms with Crippen molar-refractivity contribution in [3.63, 3.8) is 0 Å². The van der Waals surface area contributed by atoms with E-state index in [0.29, 0.717) is 11.6 Å². The number of hydrogen-bond acceptors (Lipinski definition) is 2. The van der Waals surface area contributed by atoms with Crippen molar-refractivity contribution < 1.29 is 9.59 Å². The minimum absolute atomic E-state index is 0.0269. The Morgan fingerprint density at radius 2 is 2.06 bits per heavy atom. The van der Waals surface area contributed by atoms with Gasteiger partial charge >= 0.3 is 0 Å². The normalized spacial score (nSPS) is 19.5. The van der Waals surface area contributed by atoms with Crippen molar-refractivity contribution in [3.05, 3.63) is 29.3 Å². The van der Waals surface area contributed by atoms with Crippen molar-refractivity contribution in [1.29, 1.82) is 0 Å². The van der Waals surface area contributed by atoms with Crippen LogP contribution in [0.4, 0.5) is 5.69 Å². The summed E-state index contributed by atoms with van der Waals surface area (Å²) < 4.78 is 0. The van der Waals surface area contributed by atoms with Crippen LogP contribution in [-0.2, 0) is 9.59 Å². The zero-order chi connectivity index (χ0) is 12.4. The van der Waals surface area contributed by atoms with Crippen molar-refractivity contribution in [2.75, 3.05) is 18.5 Å². The van der Waals surface area contributed by atoms with E-state index in [-0.39, 0.29) is 24.2 Å². The molecule has 2 amide bonds. The van der Waals surface area contributed by atoms with Crippen LogP contribution >= 0.6 is 11.6 Å². The second-order valence-corrected chi connectivity index (χ2v) is 4.43. The molecule has 1 aromatic carbocycles. The molecule has 1 unspecified atom stereocenters. The van der Waals surface area contributed by atoms with Crippen LogP contribution in [0.15, 0.2) is 24.3 Å². The van der Waals surface area contributed by atoms with Crippen LogP contribution in [-0.4, -0.2) is 25.4 Å². The van der Waals surface area contributed by atoms with E-state index in [1.54, 1.807) is 36.2 Å². The molecule has 90 valence electrons. The Labute approximate surface area is 105 Å². The lowest BCUT2D eigenvalue weighted by molar-refractivity contribution is -0.125. The number of nitrogens with zero attached hydrogens (tertiary/aromatic N) is 1. The van der Waals surface area contributed by atoms with E-state index in [0.717, 1.165) is 5.69 Å². The van der Waals surface area contributed by atoms with Gasteiger partial charge < -0.3 is 10.2 Å². The van der Waals surface area contributed by atoms with Gasteiger partial charge in [0, 0.05) is 30.7 Å². The van der Waals surface area contributed by atoms with E-state index in [2.05, 4.69) is 5.32 Å². The van der Waals surface area contributed by atoms with Crippen LogP contribution in [0.2, 0.25) is 5.02 Å². The number of carbonyl (C=O) groups excluding carboxylic acids is 2. The lowest BCUT2D eigenvalue weighted by Gasteiger charge is -2.16. The van der Waals surface area contributed by atoms with E-state index < -0.39 is 0 Å². The standard InChI is InChI=1S/C12H13ClN2O2/c1-14-12(17)8-6-11(16)15(7-8)10-4-2-9(13)3-5-10/h2-5,8H,6-7H2,1H3,(H,14,17). The molecule has 0 bridgehead atoms. The molecule has 1 fully saturated rings. The minimum atomic E-state index is -0.261. The maximum Gasteiger partial charge on any atom is 0.227 e. The fourth-order valence-electron chi connectivity index (χ4n) is 1.96. The molecule has 0 radical (unpaired) electrons. The van der Waals surface area contributed by atoms with Crippen molar-refractivity contribution in [2.45, 2.75) is 6.42 Å². The number of carbonyl (C=O) groups is 2.